The maximum absolute atomic E-state index is 14.5. The van der Waals surface area contributed by atoms with Crippen molar-refractivity contribution in [2.24, 2.45) is 0 Å². The van der Waals surface area contributed by atoms with Crippen molar-refractivity contribution in [1.29, 1.82) is 0 Å². The summed E-state index contributed by atoms with van der Waals surface area (Å²) in [5.41, 5.74) is 8.58. The fourth-order valence-corrected chi connectivity index (χ4v) is 12.0. The van der Waals surface area contributed by atoms with Crippen molar-refractivity contribution < 1.29 is 31.1 Å². The lowest BCUT2D eigenvalue weighted by molar-refractivity contribution is -0.138. The van der Waals surface area contributed by atoms with Gasteiger partial charge in [-0.05, 0) is 127 Å². The zero-order valence-electron chi connectivity index (χ0n) is 36.1. The van der Waals surface area contributed by atoms with Gasteiger partial charge in [0.15, 0.2) is 11.5 Å². The zero-order valence-corrected chi connectivity index (χ0v) is 36.9. The van der Waals surface area contributed by atoms with E-state index in [-0.39, 0.29) is 11.8 Å². The van der Waals surface area contributed by atoms with E-state index in [1.54, 1.807) is 36.0 Å². The number of alkyl halides is 6. The Kier molecular flexibility index (Phi) is 10.9. The molecular formula is C56H46F6N2OS. The normalized spacial score (nSPS) is 16.5. The summed E-state index contributed by atoms with van der Waals surface area (Å²) in [5.74, 6) is 1.16. The molecule has 2 aliphatic carbocycles. The van der Waals surface area contributed by atoms with Crippen LogP contribution in [0.2, 0.25) is 0 Å². The summed E-state index contributed by atoms with van der Waals surface area (Å²) in [4.78, 5) is 6.73. The lowest BCUT2D eigenvalue weighted by Gasteiger charge is -2.44. The first kappa shape index (κ1) is 42.5. The maximum atomic E-state index is 14.5. The minimum absolute atomic E-state index is 0.0402. The molecule has 2 saturated carbocycles. The Labute approximate surface area is 385 Å². The molecule has 0 aromatic heterocycles. The molecule has 66 heavy (non-hydrogen) atoms. The predicted octanol–water partition coefficient (Wildman–Crippen LogP) is 18.7. The van der Waals surface area contributed by atoms with Gasteiger partial charge in [0.2, 0.25) is 0 Å². The van der Waals surface area contributed by atoms with Crippen molar-refractivity contribution >= 4 is 45.9 Å². The molecule has 2 heterocycles. The van der Waals surface area contributed by atoms with E-state index in [0.717, 1.165) is 130 Å². The highest BCUT2D eigenvalue weighted by Gasteiger charge is 2.42. The minimum atomic E-state index is -4.56. The molecule has 2 aliphatic heterocycles. The molecule has 4 aliphatic rings. The van der Waals surface area contributed by atoms with Crippen molar-refractivity contribution in [1.82, 2.24) is 0 Å². The predicted molar refractivity (Wildman–Crippen MR) is 253 cm³/mol. The van der Waals surface area contributed by atoms with Crippen LogP contribution < -0.4 is 14.5 Å². The number of hydrogen-bond donors (Lipinski definition) is 0. The number of benzene rings is 7. The van der Waals surface area contributed by atoms with Crippen LogP contribution in [0.5, 0.6) is 11.5 Å². The molecule has 7 aromatic carbocycles. The molecule has 11 rings (SSSR count). The lowest BCUT2D eigenvalue weighted by Crippen LogP contribution is -2.26. The summed E-state index contributed by atoms with van der Waals surface area (Å²) in [6.07, 6.45) is 0.107. The maximum Gasteiger partial charge on any atom is 0.416 e. The number of nitrogens with zero attached hydrogens (tertiary/aromatic N) is 2. The first-order valence-corrected chi connectivity index (χ1v) is 23.8. The van der Waals surface area contributed by atoms with E-state index in [4.69, 9.17) is 4.74 Å². The Morgan fingerprint density at radius 2 is 0.773 bits per heavy atom. The lowest BCUT2D eigenvalue weighted by atomic mass is 9.71. The van der Waals surface area contributed by atoms with E-state index in [0.29, 0.717) is 22.6 Å². The topological polar surface area (TPSA) is 15.7 Å². The summed E-state index contributed by atoms with van der Waals surface area (Å²) in [5, 5.41) is 0. The van der Waals surface area contributed by atoms with E-state index in [1.807, 2.05) is 72.8 Å². The van der Waals surface area contributed by atoms with Gasteiger partial charge in [-0.15, -0.1) is 0 Å². The van der Waals surface area contributed by atoms with E-state index < -0.39 is 23.5 Å². The molecule has 0 atom stereocenters. The van der Waals surface area contributed by atoms with Crippen LogP contribution in [-0.2, 0) is 12.4 Å². The molecule has 0 unspecified atom stereocenters. The molecule has 0 N–H and O–H groups in total. The Morgan fingerprint density at radius 3 is 1.20 bits per heavy atom. The van der Waals surface area contributed by atoms with Crippen molar-refractivity contribution in [2.45, 2.75) is 98.2 Å². The molecule has 0 saturated heterocycles. The molecular weight excluding hydrogens is 863 g/mol. The fraction of sp³-hybridized carbons (Fsp3) is 0.250. The molecule has 0 spiro atoms. The van der Waals surface area contributed by atoms with Crippen LogP contribution in [-0.4, -0.2) is 0 Å². The third kappa shape index (κ3) is 7.51. The Hall–Kier alpha value is -6.13. The number of rotatable bonds is 6. The van der Waals surface area contributed by atoms with Gasteiger partial charge in [-0.1, -0.05) is 123 Å². The van der Waals surface area contributed by atoms with Gasteiger partial charge in [-0.2, -0.15) is 26.3 Å². The third-order valence-corrected chi connectivity index (χ3v) is 15.0. The smallest absolute Gasteiger partial charge is 0.416 e. The molecule has 0 amide bonds. The zero-order chi connectivity index (χ0) is 45.2. The highest BCUT2D eigenvalue weighted by atomic mass is 32.2. The molecule has 3 nitrogen and oxygen atoms in total. The van der Waals surface area contributed by atoms with E-state index >= 15 is 0 Å². The van der Waals surface area contributed by atoms with Gasteiger partial charge < -0.3 is 14.5 Å². The van der Waals surface area contributed by atoms with Crippen LogP contribution in [0.3, 0.4) is 0 Å². The van der Waals surface area contributed by atoms with Gasteiger partial charge >= 0.3 is 12.4 Å². The number of halogens is 6. The van der Waals surface area contributed by atoms with Gasteiger partial charge in [0, 0.05) is 26.5 Å². The second-order valence-electron chi connectivity index (χ2n) is 17.8. The van der Waals surface area contributed by atoms with Gasteiger partial charge in [0.1, 0.15) is 0 Å². The van der Waals surface area contributed by atoms with Crippen LogP contribution >= 0.6 is 11.8 Å². The van der Waals surface area contributed by atoms with Crippen molar-refractivity contribution in [3.05, 3.63) is 168 Å². The van der Waals surface area contributed by atoms with Crippen molar-refractivity contribution in [2.75, 3.05) is 9.80 Å². The molecule has 2 fully saturated rings. The minimum Gasteiger partial charge on any atom is -0.453 e. The fourth-order valence-electron chi connectivity index (χ4n) is 10.9. The summed E-state index contributed by atoms with van der Waals surface area (Å²) in [7, 11) is 0. The number of para-hydroxylation sites is 6. The Bertz CT molecular complexity index is 2660. The summed E-state index contributed by atoms with van der Waals surface area (Å²) in [6, 6.07) is 43.6. The van der Waals surface area contributed by atoms with Gasteiger partial charge in [0.05, 0.1) is 45.3 Å². The summed E-state index contributed by atoms with van der Waals surface area (Å²) < 4.78 is 93.6. The molecule has 7 aromatic rings. The third-order valence-electron chi connectivity index (χ3n) is 13.9. The van der Waals surface area contributed by atoms with Crippen LogP contribution in [0.15, 0.2) is 155 Å². The second kappa shape index (κ2) is 16.9. The van der Waals surface area contributed by atoms with Crippen LogP contribution in [0.25, 0.3) is 22.3 Å². The second-order valence-corrected chi connectivity index (χ2v) is 18.9. The van der Waals surface area contributed by atoms with Crippen molar-refractivity contribution in [3.8, 4) is 33.8 Å². The van der Waals surface area contributed by atoms with Gasteiger partial charge in [-0.25, -0.2) is 0 Å². The number of hydrogen-bond acceptors (Lipinski definition) is 4. The van der Waals surface area contributed by atoms with Crippen molar-refractivity contribution in [3.63, 3.8) is 0 Å². The monoisotopic (exact) mass is 908 g/mol. The van der Waals surface area contributed by atoms with Gasteiger partial charge in [0.25, 0.3) is 0 Å². The standard InChI is InChI=1S/C56H46F6N2OS/c57-55(58,59)39-31-27-37(28-32-39)50-49(35-15-3-1-4-16-35)51(38-29-33-40(34-30-38)56(60,61)62)54(64-43-21-9-13-25-47(43)66-48-26-14-10-22-44(48)64)52(36-17-5-2-6-18-36)53(50)63-41-19-7-11-23-45(41)65-46-24-12-8-20-42(46)63/h7-14,19-36H,1-6,15-18H2. The van der Waals surface area contributed by atoms with E-state index in [9.17, 15) is 26.3 Å². The highest BCUT2D eigenvalue weighted by molar-refractivity contribution is 7.99. The highest BCUT2D eigenvalue weighted by Crippen LogP contribution is 2.65. The SMILES string of the molecule is FC(F)(F)c1ccc(-c2c(C3CCCCC3)c(-c3ccc(C(F)(F)F)cc3)c(N3c4ccccc4Sc4ccccc43)c(C3CCCCC3)c2N2c3ccccc3Oc3ccccc32)cc1. The molecule has 334 valence electrons. The molecule has 0 bridgehead atoms. The Balaban J connectivity index is 1.39. The van der Waals surface area contributed by atoms with Gasteiger partial charge in [-0.3, -0.25) is 0 Å². The van der Waals surface area contributed by atoms with Crippen LogP contribution in [0, 0.1) is 0 Å². The quantitative estimate of drug-likeness (QED) is 0.154. The van der Waals surface area contributed by atoms with Crippen LogP contribution in [0.1, 0.15) is 98.3 Å². The largest absolute Gasteiger partial charge is 0.453 e. The first-order chi connectivity index (χ1) is 32.0. The average Bonchev–Trinajstić information content (AvgIpc) is 3.34. The van der Waals surface area contributed by atoms with E-state index in [2.05, 4.69) is 34.1 Å². The first-order valence-electron chi connectivity index (χ1n) is 23.0. The summed E-state index contributed by atoms with van der Waals surface area (Å²) >= 11 is 1.69. The molecule has 0 radical (unpaired) electrons. The summed E-state index contributed by atoms with van der Waals surface area (Å²) in [6.45, 7) is 0. The molecule has 10 heteroatoms. The number of ether oxygens (including phenoxy) is 1. The number of fused-ring (bicyclic) bond motifs is 4. The van der Waals surface area contributed by atoms with Crippen LogP contribution in [0.4, 0.5) is 60.5 Å². The number of anilines is 6. The van der Waals surface area contributed by atoms with E-state index in [1.165, 1.54) is 24.3 Å². The average molecular weight is 909 g/mol. The Morgan fingerprint density at radius 1 is 0.409 bits per heavy atom.